The number of urea groups is 1. The van der Waals surface area contributed by atoms with Crippen molar-refractivity contribution in [2.45, 2.75) is 64.8 Å². The maximum atomic E-state index is 12.4. The smallest absolute Gasteiger partial charge is 0.327 e. The molecule has 1 saturated carbocycles. The second kappa shape index (κ2) is 6.67. The van der Waals surface area contributed by atoms with Crippen LogP contribution < -0.4 is 5.32 Å². The standard InChI is InChI=1S/C16H28N2O3/c1-16(2)9-6-10-18(13(16)14(19)20)15(21)17-11-12-7-4-3-5-8-12/h12-13H,3-11H2,1-2H3,(H,17,21)(H,19,20). The van der Waals surface area contributed by atoms with Gasteiger partial charge in [-0.1, -0.05) is 33.1 Å². The van der Waals surface area contributed by atoms with Gasteiger partial charge in [-0.3, -0.25) is 0 Å². The number of hydrogen-bond donors (Lipinski definition) is 2. The zero-order chi connectivity index (χ0) is 15.5. The van der Waals surface area contributed by atoms with Crippen molar-refractivity contribution in [3.63, 3.8) is 0 Å². The van der Waals surface area contributed by atoms with Crippen LogP contribution in [0.1, 0.15) is 58.8 Å². The molecule has 5 nitrogen and oxygen atoms in total. The van der Waals surface area contributed by atoms with E-state index < -0.39 is 12.0 Å². The quantitative estimate of drug-likeness (QED) is 0.841. The van der Waals surface area contributed by atoms with Crippen LogP contribution >= 0.6 is 0 Å². The molecule has 1 aliphatic carbocycles. The molecule has 120 valence electrons. The summed E-state index contributed by atoms with van der Waals surface area (Å²) in [7, 11) is 0. The van der Waals surface area contributed by atoms with Crippen LogP contribution in [0, 0.1) is 11.3 Å². The third kappa shape index (κ3) is 3.89. The highest BCUT2D eigenvalue weighted by Crippen LogP contribution is 2.35. The number of carbonyl (C=O) groups excluding carboxylic acids is 1. The lowest BCUT2D eigenvalue weighted by Crippen LogP contribution is -2.59. The second-order valence-electron chi connectivity index (χ2n) is 7.22. The molecule has 1 unspecified atom stereocenters. The molecule has 1 atom stereocenters. The number of rotatable bonds is 3. The minimum absolute atomic E-state index is 0.208. The number of likely N-dealkylation sites (tertiary alicyclic amines) is 1. The van der Waals surface area contributed by atoms with E-state index in [4.69, 9.17) is 0 Å². The van der Waals surface area contributed by atoms with Crippen LogP contribution in [0.25, 0.3) is 0 Å². The lowest BCUT2D eigenvalue weighted by atomic mass is 9.76. The van der Waals surface area contributed by atoms with E-state index in [9.17, 15) is 14.7 Å². The third-order valence-electron chi connectivity index (χ3n) is 5.03. The number of nitrogens with one attached hydrogen (secondary N) is 1. The highest BCUT2D eigenvalue weighted by molar-refractivity contribution is 5.83. The summed E-state index contributed by atoms with van der Waals surface area (Å²) < 4.78 is 0. The number of carboxylic acids is 1. The van der Waals surface area contributed by atoms with Crippen LogP contribution in [0.5, 0.6) is 0 Å². The molecular weight excluding hydrogens is 268 g/mol. The van der Waals surface area contributed by atoms with Crippen molar-refractivity contribution < 1.29 is 14.7 Å². The van der Waals surface area contributed by atoms with E-state index in [0.29, 0.717) is 19.0 Å². The number of hydrogen-bond acceptors (Lipinski definition) is 2. The van der Waals surface area contributed by atoms with E-state index in [-0.39, 0.29) is 11.4 Å². The maximum Gasteiger partial charge on any atom is 0.327 e. The summed E-state index contributed by atoms with van der Waals surface area (Å²) in [5.74, 6) is -0.337. The van der Waals surface area contributed by atoms with Gasteiger partial charge in [0.2, 0.25) is 0 Å². The van der Waals surface area contributed by atoms with Crippen molar-refractivity contribution >= 4 is 12.0 Å². The molecule has 0 bridgehead atoms. The van der Waals surface area contributed by atoms with E-state index in [1.165, 1.54) is 37.0 Å². The molecule has 0 aromatic heterocycles. The Balaban J connectivity index is 1.94. The topological polar surface area (TPSA) is 69.6 Å². The zero-order valence-electron chi connectivity index (χ0n) is 13.2. The summed E-state index contributed by atoms with van der Waals surface area (Å²) in [6, 6.07) is -0.932. The van der Waals surface area contributed by atoms with Crippen molar-refractivity contribution in [3.05, 3.63) is 0 Å². The molecule has 21 heavy (non-hydrogen) atoms. The van der Waals surface area contributed by atoms with Crippen LogP contribution in [0.3, 0.4) is 0 Å². The number of piperidine rings is 1. The molecular formula is C16H28N2O3. The summed E-state index contributed by atoms with van der Waals surface area (Å²) in [4.78, 5) is 25.5. The number of carbonyl (C=O) groups is 2. The Bertz CT molecular complexity index is 389. The van der Waals surface area contributed by atoms with E-state index in [2.05, 4.69) is 5.32 Å². The fourth-order valence-corrected chi connectivity index (χ4v) is 3.80. The van der Waals surface area contributed by atoms with E-state index in [0.717, 1.165) is 12.8 Å². The van der Waals surface area contributed by atoms with Crippen molar-refractivity contribution in [1.29, 1.82) is 0 Å². The highest BCUT2D eigenvalue weighted by Gasteiger charge is 2.44. The molecule has 1 aliphatic heterocycles. The minimum atomic E-state index is -0.896. The van der Waals surface area contributed by atoms with E-state index >= 15 is 0 Å². The molecule has 2 N–H and O–H groups in total. The molecule has 0 aromatic carbocycles. The predicted molar refractivity (Wildman–Crippen MR) is 81.1 cm³/mol. The summed E-state index contributed by atoms with van der Waals surface area (Å²) in [6.45, 7) is 5.09. The summed E-state index contributed by atoms with van der Waals surface area (Å²) in [5, 5.41) is 12.5. The number of aliphatic carboxylic acids is 1. The molecule has 2 fully saturated rings. The van der Waals surface area contributed by atoms with Gasteiger partial charge in [-0.25, -0.2) is 9.59 Å². The molecule has 2 rings (SSSR count). The van der Waals surface area contributed by atoms with Gasteiger partial charge >= 0.3 is 12.0 Å². The van der Waals surface area contributed by atoms with Crippen molar-refractivity contribution in [3.8, 4) is 0 Å². The fourth-order valence-electron chi connectivity index (χ4n) is 3.80. The Morgan fingerprint density at radius 3 is 2.48 bits per heavy atom. The second-order valence-corrected chi connectivity index (χ2v) is 7.22. The summed E-state index contributed by atoms with van der Waals surface area (Å²) in [6.07, 6.45) is 7.85. The lowest BCUT2D eigenvalue weighted by Gasteiger charge is -2.44. The number of carboxylic acid groups (broad SMARTS) is 1. The van der Waals surface area contributed by atoms with Gasteiger partial charge in [0.15, 0.2) is 0 Å². The lowest BCUT2D eigenvalue weighted by molar-refractivity contribution is -0.148. The van der Waals surface area contributed by atoms with E-state index in [1.54, 1.807) is 0 Å². The molecule has 0 spiro atoms. The average Bonchev–Trinajstić information content (AvgIpc) is 2.44. The Kier molecular flexibility index (Phi) is 5.12. The molecule has 2 amide bonds. The first kappa shape index (κ1) is 16.1. The number of nitrogens with zero attached hydrogens (tertiary/aromatic N) is 1. The van der Waals surface area contributed by atoms with Crippen molar-refractivity contribution in [1.82, 2.24) is 10.2 Å². The highest BCUT2D eigenvalue weighted by atomic mass is 16.4. The average molecular weight is 296 g/mol. The van der Waals surface area contributed by atoms with Gasteiger partial charge in [-0.05, 0) is 37.0 Å². The van der Waals surface area contributed by atoms with Gasteiger partial charge in [0, 0.05) is 13.1 Å². The van der Waals surface area contributed by atoms with Crippen molar-refractivity contribution in [2.75, 3.05) is 13.1 Å². The Labute approximate surface area is 127 Å². The van der Waals surface area contributed by atoms with Gasteiger partial charge in [0.1, 0.15) is 6.04 Å². The Hall–Kier alpha value is -1.26. The summed E-state index contributed by atoms with van der Waals surface area (Å²) in [5.41, 5.74) is -0.369. The van der Waals surface area contributed by atoms with Gasteiger partial charge in [-0.2, -0.15) is 0 Å². The number of amides is 2. The SMILES string of the molecule is CC1(C)CCCN(C(=O)NCC2CCCCC2)C1C(=O)O. The fraction of sp³-hybridized carbons (Fsp3) is 0.875. The molecule has 0 radical (unpaired) electrons. The monoisotopic (exact) mass is 296 g/mol. The zero-order valence-corrected chi connectivity index (χ0v) is 13.2. The van der Waals surface area contributed by atoms with Crippen LogP contribution in [0.15, 0.2) is 0 Å². The first-order chi connectivity index (χ1) is 9.92. The van der Waals surface area contributed by atoms with Crippen molar-refractivity contribution in [2.24, 2.45) is 11.3 Å². The molecule has 1 saturated heterocycles. The molecule has 0 aromatic rings. The first-order valence-corrected chi connectivity index (χ1v) is 8.19. The minimum Gasteiger partial charge on any atom is -0.480 e. The van der Waals surface area contributed by atoms with Gasteiger partial charge in [0.05, 0.1) is 0 Å². The van der Waals surface area contributed by atoms with Crippen LogP contribution in [0.2, 0.25) is 0 Å². The molecule has 2 aliphatic rings. The first-order valence-electron chi connectivity index (χ1n) is 8.19. The third-order valence-corrected chi connectivity index (χ3v) is 5.03. The van der Waals surface area contributed by atoms with Gasteiger partial charge in [0.25, 0.3) is 0 Å². The van der Waals surface area contributed by atoms with Gasteiger partial charge < -0.3 is 15.3 Å². The maximum absolute atomic E-state index is 12.4. The largest absolute Gasteiger partial charge is 0.480 e. The van der Waals surface area contributed by atoms with Crippen LogP contribution in [0.4, 0.5) is 4.79 Å². The Morgan fingerprint density at radius 1 is 1.19 bits per heavy atom. The molecule has 5 heteroatoms. The normalized spacial score (nSPS) is 26.4. The predicted octanol–water partition coefficient (Wildman–Crippen LogP) is 2.85. The Morgan fingerprint density at radius 2 is 1.86 bits per heavy atom. The van der Waals surface area contributed by atoms with Gasteiger partial charge in [-0.15, -0.1) is 0 Å². The van der Waals surface area contributed by atoms with E-state index in [1.807, 2.05) is 13.8 Å². The summed E-state index contributed by atoms with van der Waals surface area (Å²) >= 11 is 0. The van der Waals surface area contributed by atoms with Crippen LogP contribution in [-0.2, 0) is 4.79 Å². The molecule has 1 heterocycles. The van der Waals surface area contributed by atoms with Crippen LogP contribution in [-0.4, -0.2) is 41.1 Å².